The molecule has 1 aromatic carbocycles. The van der Waals surface area contributed by atoms with Crippen molar-refractivity contribution in [3.63, 3.8) is 0 Å². The molecule has 0 saturated heterocycles. The zero-order chi connectivity index (χ0) is 24.1. The minimum Gasteiger partial charge on any atom is -0.385 e. The molecule has 0 aliphatic heterocycles. The van der Waals surface area contributed by atoms with E-state index in [-0.39, 0.29) is 24.0 Å². The molecule has 3 aromatic rings. The Kier molecular flexibility index (Phi) is 7.44. The van der Waals surface area contributed by atoms with E-state index in [9.17, 15) is 14.4 Å². The number of carbonyl (C=O) groups excluding carboxylic acids is 1. The lowest BCUT2D eigenvalue weighted by molar-refractivity contribution is 0.0983. The van der Waals surface area contributed by atoms with Crippen LogP contribution in [0.2, 0.25) is 0 Å². The maximum absolute atomic E-state index is 13.5. The third-order valence-electron chi connectivity index (χ3n) is 4.91. The molecule has 2 heterocycles. The van der Waals surface area contributed by atoms with Crippen molar-refractivity contribution in [2.75, 3.05) is 30.9 Å². The zero-order valence-corrected chi connectivity index (χ0v) is 19.1. The molecule has 0 aliphatic rings. The van der Waals surface area contributed by atoms with Gasteiger partial charge in [-0.3, -0.25) is 19.1 Å². The first-order chi connectivity index (χ1) is 15.7. The number of nitrogens with two attached hydrogens (primary N) is 1. The quantitative estimate of drug-likeness (QED) is 0.463. The largest absolute Gasteiger partial charge is 0.385 e. The van der Waals surface area contributed by atoms with Crippen LogP contribution in [0.3, 0.4) is 0 Å². The predicted octanol–water partition coefficient (Wildman–Crippen LogP) is 1.82. The fourth-order valence-electron chi connectivity index (χ4n) is 3.39. The number of hydrogen-bond donors (Lipinski definition) is 2. The fraction of sp³-hybridized carbons (Fsp3) is 0.409. The number of benzene rings is 1. The standard InChI is InChI=1S/C22H28N6O5/c1-13(2)12-28-18(23)17(19(29)25-22(28)31)27(10-5-11-32-4)21(30)16-8-6-15(7-9-16)20-24-14(3)26-33-20/h6-9,13H,5,10-12,23H2,1-4H3,(H,25,29,31). The van der Waals surface area contributed by atoms with E-state index in [1.165, 1.54) is 9.47 Å². The maximum atomic E-state index is 13.5. The molecule has 0 aliphatic carbocycles. The average molecular weight is 457 g/mol. The van der Waals surface area contributed by atoms with Crippen molar-refractivity contribution in [2.24, 2.45) is 5.92 Å². The SMILES string of the molecule is COCCCN(C(=O)c1ccc(-c2nc(C)no2)cc1)c1c(N)n(CC(C)C)c(=O)[nH]c1=O. The number of hydrogen-bond acceptors (Lipinski definition) is 8. The lowest BCUT2D eigenvalue weighted by Crippen LogP contribution is -2.42. The number of amides is 1. The van der Waals surface area contributed by atoms with Crippen LogP contribution in [-0.2, 0) is 11.3 Å². The van der Waals surface area contributed by atoms with Crippen LogP contribution in [0.15, 0.2) is 38.4 Å². The number of aromatic amines is 1. The number of aryl methyl sites for hydroxylation is 1. The summed E-state index contributed by atoms with van der Waals surface area (Å²) in [5, 5.41) is 3.76. The highest BCUT2D eigenvalue weighted by Gasteiger charge is 2.25. The predicted molar refractivity (Wildman–Crippen MR) is 123 cm³/mol. The Balaban J connectivity index is 2.02. The number of nitrogens with zero attached hydrogens (tertiary/aromatic N) is 4. The molecule has 2 aromatic heterocycles. The van der Waals surface area contributed by atoms with E-state index in [4.69, 9.17) is 15.0 Å². The van der Waals surface area contributed by atoms with Crippen LogP contribution >= 0.6 is 0 Å². The van der Waals surface area contributed by atoms with Gasteiger partial charge < -0.3 is 19.9 Å². The van der Waals surface area contributed by atoms with E-state index in [1.807, 2.05) is 13.8 Å². The summed E-state index contributed by atoms with van der Waals surface area (Å²) in [6.45, 7) is 6.40. The third kappa shape index (κ3) is 5.37. The maximum Gasteiger partial charge on any atom is 0.330 e. The number of anilines is 2. The van der Waals surface area contributed by atoms with Crippen LogP contribution in [-0.4, -0.2) is 45.9 Å². The third-order valence-corrected chi connectivity index (χ3v) is 4.91. The Morgan fingerprint density at radius 1 is 1.27 bits per heavy atom. The highest BCUT2D eigenvalue weighted by Crippen LogP contribution is 2.23. The van der Waals surface area contributed by atoms with E-state index in [2.05, 4.69) is 15.1 Å². The summed E-state index contributed by atoms with van der Waals surface area (Å²) in [7, 11) is 1.55. The van der Waals surface area contributed by atoms with Gasteiger partial charge in [-0.1, -0.05) is 19.0 Å². The van der Waals surface area contributed by atoms with Crippen molar-refractivity contribution in [1.29, 1.82) is 0 Å². The molecule has 0 bridgehead atoms. The molecule has 3 rings (SSSR count). The van der Waals surface area contributed by atoms with E-state index in [0.717, 1.165) is 0 Å². The molecule has 0 spiro atoms. The highest BCUT2D eigenvalue weighted by molar-refractivity contribution is 6.07. The molecule has 176 valence electrons. The van der Waals surface area contributed by atoms with Crippen LogP contribution in [0.1, 0.15) is 36.5 Å². The molecule has 0 saturated carbocycles. The molecule has 33 heavy (non-hydrogen) atoms. The van der Waals surface area contributed by atoms with E-state index < -0.39 is 17.2 Å². The van der Waals surface area contributed by atoms with E-state index in [1.54, 1.807) is 38.3 Å². The van der Waals surface area contributed by atoms with Gasteiger partial charge in [0.15, 0.2) is 11.5 Å². The number of nitrogens with one attached hydrogen (secondary N) is 1. The summed E-state index contributed by atoms with van der Waals surface area (Å²) < 4.78 is 11.5. The van der Waals surface area contributed by atoms with Gasteiger partial charge >= 0.3 is 5.69 Å². The second-order valence-electron chi connectivity index (χ2n) is 8.02. The number of carbonyl (C=O) groups is 1. The van der Waals surface area contributed by atoms with Crippen molar-refractivity contribution in [2.45, 2.75) is 33.7 Å². The summed E-state index contributed by atoms with van der Waals surface area (Å²) >= 11 is 0. The van der Waals surface area contributed by atoms with Gasteiger partial charge in [-0.2, -0.15) is 4.98 Å². The van der Waals surface area contributed by atoms with Gasteiger partial charge in [0.2, 0.25) is 0 Å². The van der Waals surface area contributed by atoms with Gasteiger partial charge in [0.05, 0.1) is 0 Å². The molecule has 0 fully saturated rings. The van der Waals surface area contributed by atoms with Gasteiger partial charge in [-0.25, -0.2) is 4.79 Å². The highest BCUT2D eigenvalue weighted by atomic mass is 16.5. The molecule has 0 atom stereocenters. The van der Waals surface area contributed by atoms with Crippen molar-refractivity contribution >= 4 is 17.4 Å². The molecule has 1 amide bonds. The Bertz CT molecular complexity index is 1230. The lowest BCUT2D eigenvalue weighted by Gasteiger charge is -2.25. The second-order valence-corrected chi connectivity index (χ2v) is 8.02. The normalized spacial score (nSPS) is 11.2. The van der Waals surface area contributed by atoms with Gasteiger partial charge in [-0.05, 0) is 43.5 Å². The monoisotopic (exact) mass is 456 g/mol. The summed E-state index contributed by atoms with van der Waals surface area (Å²) in [6.07, 6.45) is 0.462. The van der Waals surface area contributed by atoms with E-state index in [0.29, 0.717) is 42.4 Å². The van der Waals surface area contributed by atoms with Gasteiger partial charge in [0.25, 0.3) is 17.4 Å². The first-order valence-electron chi connectivity index (χ1n) is 10.6. The first-order valence-corrected chi connectivity index (χ1v) is 10.6. The Morgan fingerprint density at radius 3 is 2.55 bits per heavy atom. The topological polar surface area (TPSA) is 149 Å². The van der Waals surface area contributed by atoms with Crippen LogP contribution in [0.5, 0.6) is 0 Å². The molecule has 0 unspecified atom stereocenters. The average Bonchev–Trinajstić information content (AvgIpc) is 3.21. The van der Waals surface area contributed by atoms with Crippen LogP contribution in [0, 0.1) is 12.8 Å². The minimum absolute atomic E-state index is 0.0545. The number of nitrogen functional groups attached to an aromatic ring is 1. The molecule has 11 nitrogen and oxygen atoms in total. The van der Waals surface area contributed by atoms with E-state index >= 15 is 0 Å². The minimum atomic E-state index is -0.721. The van der Waals surface area contributed by atoms with Crippen molar-refractivity contribution in [3.8, 4) is 11.5 Å². The summed E-state index contributed by atoms with van der Waals surface area (Å²) in [6, 6.07) is 6.58. The van der Waals surface area contributed by atoms with Gasteiger partial charge in [0, 0.05) is 37.9 Å². The number of H-pyrrole nitrogens is 1. The first kappa shape index (κ1) is 23.9. The van der Waals surface area contributed by atoms with Crippen LogP contribution in [0.4, 0.5) is 11.5 Å². The fourth-order valence-corrected chi connectivity index (χ4v) is 3.39. The molecular formula is C22H28N6O5. The van der Waals surface area contributed by atoms with Crippen molar-refractivity contribution in [3.05, 3.63) is 56.5 Å². The zero-order valence-electron chi connectivity index (χ0n) is 19.1. The number of rotatable bonds is 9. The number of aromatic nitrogens is 4. The van der Waals surface area contributed by atoms with Crippen LogP contribution < -0.4 is 21.9 Å². The van der Waals surface area contributed by atoms with Gasteiger partial charge in [-0.15, -0.1) is 0 Å². The number of ether oxygens (including phenoxy) is 1. The smallest absolute Gasteiger partial charge is 0.330 e. The molecule has 11 heteroatoms. The van der Waals surface area contributed by atoms with Gasteiger partial charge in [0.1, 0.15) is 5.82 Å². The van der Waals surface area contributed by atoms with Crippen LogP contribution in [0.25, 0.3) is 11.5 Å². The summed E-state index contributed by atoms with van der Waals surface area (Å²) in [5.41, 5.74) is 5.83. The summed E-state index contributed by atoms with van der Waals surface area (Å²) in [5.74, 6) is 0.445. The second kappa shape index (κ2) is 10.3. The molecular weight excluding hydrogens is 428 g/mol. The summed E-state index contributed by atoms with van der Waals surface area (Å²) in [4.78, 5) is 46.3. The Hall–Kier alpha value is -3.73. The van der Waals surface area contributed by atoms with Crippen molar-refractivity contribution in [1.82, 2.24) is 19.7 Å². The Labute approximate surface area is 190 Å². The van der Waals surface area contributed by atoms with Crippen molar-refractivity contribution < 1.29 is 14.1 Å². The molecule has 3 N–H and O–H groups in total. The number of methoxy groups -OCH3 is 1. The lowest BCUT2D eigenvalue weighted by atomic mass is 10.1. The molecule has 0 radical (unpaired) electrons. The Morgan fingerprint density at radius 2 is 1.97 bits per heavy atom.